The van der Waals surface area contributed by atoms with Crippen molar-refractivity contribution >= 4 is 11.9 Å². The zero-order valence-electron chi connectivity index (χ0n) is 8.23. The first-order valence-corrected chi connectivity index (χ1v) is 4.58. The number of nitrogens with one attached hydrogen (secondary N) is 1. The lowest BCUT2D eigenvalue weighted by Crippen LogP contribution is -2.15. The van der Waals surface area contributed by atoms with Gasteiger partial charge < -0.3 is 5.73 Å². The Balaban J connectivity index is 2.31. The molecule has 0 aliphatic heterocycles. The summed E-state index contributed by atoms with van der Waals surface area (Å²) in [5, 5.41) is 6.50. The Morgan fingerprint density at radius 1 is 1.64 bits per heavy atom. The Hall–Kier alpha value is -1.43. The van der Waals surface area contributed by atoms with E-state index in [4.69, 9.17) is 5.73 Å². The molecule has 6 nitrogen and oxygen atoms in total. The van der Waals surface area contributed by atoms with Gasteiger partial charge in [0.25, 0.3) is 0 Å². The average Bonchev–Trinajstić information content (AvgIpc) is 2.52. The predicted octanol–water partition coefficient (Wildman–Crippen LogP) is -0.117. The third-order valence-electron chi connectivity index (χ3n) is 1.82. The van der Waals surface area contributed by atoms with Crippen LogP contribution < -0.4 is 11.1 Å². The second kappa shape index (κ2) is 5.33. The van der Waals surface area contributed by atoms with E-state index in [1.807, 2.05) is 0 Å². The average molecular weight is 197 g/mol. The van der Waals surface area contributed by atoms with Crippen molar-refractivity contribution in [2.75, 3.05) is 11.9 Å². The Labute approximate surface area is 82.5 Å². The van der Waals surface area contributed by atoms with E-state index in [0.717, 1.165) is 12.8 Å². The number of carbonyl (C=O) groups excluding carboxylic acids is 1. The molecule has 0 unspecified atom stereocenters. The van der Waals surface area contributed by atoms with Crippen LogP contribution >= 0.6 is 0 Å². The second-order valence-corrected chi connectivity index (χ2v) is 3.00. The van der Waals surface area contributed by atoms with Crippen molar-refractivity contribution in [1.29, 1.82) is 0 Å². The van der Waals surface area contributed by atoms with Crippen molar-refractivity contribution in [2.45, 2.75) is 19.3 Å². The van der Waals surface area contributed by atoms with E-state index >= 15 is 0 Å². The molecule has 6 heteroatoms. The van der Waals surface area contributed by atoms with Gasteiger partial charge in [-0.2, -0.15) is 10.1 Å². The molecule has 1 heterocycles. The number of carbonyl (C=O) groups is 1. The van der Waals surface area contributed by atoms with Crippen LogP contribution in [0, 0.1) is 0 Å². The van der Waals surface area contributed by atoms with Gasteiger partial charge in [-0.1, -0.05) is 0 Å². The molecule has 78 valence electrons. The maximum atomic E-state index is 11.3. The van der Waals surface area contributed by atoms with Crippen LogP contribution in [0.1, 0.15) is 19.3 Å². The number of hydrogen-bond acceptors (Lipinski definition) is 4. The first-order valence-electron chi connectivity index (χ1n) is 4.58. The largest absolute Gasteiger partial charge is 0.330 e. The summed E-state index contributed by atoms with van der Waals surface area (Å²) in [5.74, 6) is 0.428. The molecular formula is C8H15N5O. The van der Waals surface area contributed by atoms with Gasteiger partial charge in [-0.25, -0.2) is 4.68 Å². The molecule has 0 radical (unpaired) electrons. The van der Waals surface area contributed by atoms with Gasteiger partial charge in [-0.05, 0) is 19.4 Å². The summed E-state index contributed by atoms with van der Waals surface area (Å²) < 4.78 is 1.51. The summed E-state index contributed by atoms with van der Waals surface area (Å²) in [6.45, 7) is 0.622. The maximum Gasteiger partial charge on any atom is 0.227 e. The molecule has 1 amide bonds. The Bertz CT molecular complexity index is 296. The standard InChI is InChI=1S/C8H15N5O/c1-13-8(10-6-11-13)12-7(14)4-2-3-5-9/h6H,2-5,9H2,1H3,(H,10,11,12,14). The van der Waals surface area contributed by atoms with Gasteiger partial charge in [0.1, 0.15) is 6.33 Å². The zero-order valence-corrected chi connectivity index (χ0v) is 8.23. The molecule has 14 heavy (non-hydrogen) atoms. The number of amides is 1. The molecule has 1 aromatic heterocycles. The molecule has 0 bridgehead atoms. The van der Waals surface area contributed by atoms with Crippen LogP contribution in [0.3, 0.4) is 0 Å². The minimum Gasteiger partial charge on any atom is -0.330 e. The van der Waals surface area contributed by atoms with Gasteiger partial charge in [-0.3, -0.25) is 10.1 Å². The molecule has 0 aromatic carbocycles. The SMILES string of the molecule is Cn1ncnc1NC(=O)CCCCN. The van der Waals surface area contributed by atoms with Crippen LogP contribution in [0.25, 0.3) is 0 Å². The van der Waals surface area contributed by atoms with E-state index in [1.165, 1.54) is 11.0 Å². The summed E-state index contributed by atoms with van der Waals surface area (Å²) in [6, 6.07) is 0. The molecule has 1 rings (SSSR count). The van der Waals surface area contributed by atoms with Crippen LogP contribution in [0.4, 0.5) is 5.95 Å². The number of nitrogens with zero attached hydrogens (tertiary/aromatic N) is 3. The number of nitrogens with two attached hydrogens (primary N) is 1. The Morgan fingerprint density at radius 3 is 3.00 bits per heavy atom. The maximum absolute atomic E-state index is 11.3. The zero-order chi connectivity index (χ0) is 10.4. The van der Waals surface area contributed by atoms with E-state index in [0.29, 0.717) is 18.9 Å². The molecule has 0 aliphatic rings. The van der Waals surface area contributed by atoms with Crippen LogP contribution in [0.2, 0.25) is 0 Å². The Kier molecular flexibility index (Phi) is 4.06. The van der Waals surface area contributed by atoms with Gasteiger partial charge in [-0.15, -0.1) is 0 Å². The van der Waals surface area contributed by atoms with Crippen molar-refractivity contribution in [2.24, 2.45) is 12.8 Å². The first-order chi connectivity index (χ1) is 6.74. The quantitative estimate of drug-likeness (QED) is 0.644. The minimum absolute atomic E-state index is 0.0467. The lowest BCUT2D eigenvalue weighted by Gasteiger charge is -2.02. The summed E-state index contributed by atoms with van der Waals surface area (Å²) in [5.41, 5.74) is 5.32. The molecule has 0 atom stereocenters. The highest BCUT2D eigenvalue weighted by molar-refractivity contribution is 5.88. The highest BCUT2D eigenvalue weighted by Gasteiger charge is 2.05. The van der Waals surface area contributed by atoms with E-state index in [2.05, 4.69) is 15.4 Å². The normalized spacial score (nSPS) is 10.1. The lowest BCUT2D eigenvalue weighted by molar-refractivity contribution is -0.116. The van der Waals surface area contributed by atoms with E-state index in [1.54, 1.807) is 7.05 Å². The lowest BCUT2D eigenvalue weighted by atomic mass is 10.2. The van der Waals surface area contributed by atoms with E-state index in [-0.39, 0.29) is 5.91 Å². The van der Waals surface area contributed by atoms with Crippen molar-refractivity contribution < 1.29 is 4.79 Å². The first kappa shape index (κ1) is 10.6. The third kappa shape index (κ3) is 3.14. The molecule has 0 spiro atoms. The third-order valence-corrected chi connectivity index (χ3v) is 1.82. The topological polar surface area (TPSA) is 85.8 Å². The van der Waals surface area contributed by atoms with E-state index in [9.17, 15) is 4.79 Å². The molecule has 0 fully saturated rings. The molecule has 0 saturated heterocycles. The molecular weight excluding hydrogens is 182 g/mol. The number of aromatic nitrogens is 3. The van der Waals surface area contributed by atoms with Crippen LogP contribution in [-0.4, -0.2) is 27.2 Å². The highest BCUT2D eigenvalue weighted by atomic mass is 16.1. The number of rotatable bonds is 5. The monoisotopic (exact) mass is 197 g/mol. The summed E-state index contributed by atoms with van der Waals surface area (Å²) >= 11 is 0. The van der Waals surface area contributed by atoms with Crippen molar-refractivity contribution in [3.8, 4) is 0 Å². The number of unbranched alkanes of at least 4 members (excludes halogenated alkanes) is 1. The number of anilines is 1. The van der Waals surface area contributed by atoms with Gasteiger partial charge in [0, 0.05) is 13.5 Å². The minimum atomic E-state index is -0.0467. The molecule has 0 aliphatic carbocycles. The highest BCUT2D eigenvalue weighted by Crippen LogP contribution is 2.01. The van der Waals surface area contributed by atoms with Crippen molar-refractivity contribution in [1.82, 2.24) is 14.8 Å². The summed E-state index contributed by atoms with van der Waals surface area (Å²) in [6.07, 6.45) is 3.55. The van der Waals surface area contributed by atoms with Gasteiger partial charge >= 0.3 is 0 Å². The Morgan fingerprint density at radius 2 is 2.43 bits per heavy atom. The summed E-state index contributed by atoms with van der Waals surface area (Å²) in [4.78, 5) is 15.2. The van der Waals surface area contributed by atoms with E-state index < -0.39 is 0 Å². The second-order valence-electron chi connectivity index (χ2n) is 3.00. The fraction of sp³-hybridized carbons (Fsp3) is 0.625. The molecule has 0 saturated carbocycles. The molecule has 1 aromatic rings. The van der Waals surface area contributed by atoms with Crippen molar-refractivity contribution in [3.63, 3.8) is 0 Å². The smallest absolute Gasteiger partial charge is 0.227 e. The molecule has 3 N–H and O–H groups in total. The van der Waals surface area contributed by atoms with Crippen LogP contribution in [0.5, 0.6) is 0 Å². The predicted molar refractivity (Wildman–Crippen MR) is 52.5 cm³/mol. The van der Waals surface area contributed by atoms with Crippen molar-refractivity contribution in [3.05, 3.63) is 6.33 Å². The van der Waals surface area contributed by atoms with Gasteiger partial charge in [0.2, 0.25) is 11.9 Å². The van der Waals surface area contributed by atoms with Gasteiger partial charge in [0.15, 0.2) is 0 Å². The van der Waals surface area contributed by atoms with Gasteiger partial charge in [0.05, 0.1) is 0 Å². The van der Waals surface area contributed by atoms with Crippen LogP contribution in [-0.2, 0) is 11.8 Å². The number of hydrogen-bond donors (Lipinski definition) is 2. The number of aryl methyl sites for hydroxylation is 1. The summed E-state index contributed by atoms with van der Waals surface area (Å²) in [7, 11) is 1.72. The van der Waals surface area contributed by atoms with Crippen LogP contribution in [0.15, 0.2) is 6.33 Å². The fourth-order valence-corrected chi connectivity index (χ4v) is 1.03. The fourth-order valence-electron chi connectivity index (χ4n) is 1.03.